The Morgan fingerprint density at radius 1 is 1.13 bits per heavy atom. The van der Waals surface area contributed by atoms with Crippen LogP contribution in [0.15, 0.2) is 11.6 Å². The molecule has 3 saturated carbocycles. The van der Waals surface area contributed by atoms with Gasteiger partial charge in [-0.15, -0.1) is 0 Å². The highest BCUT2D eigenvalue weighted by molar-refractivity contribution is 5.90. The van der Waals surface area contributed by atoms with Crippen LogP contribution in [0.2, 0.25) is 0 Å². The van der Waals surface area contributed by atoms with Gasteiger partial charge in [-0.05, 0) is 73.0 Å². The second kappa shape index (κ2) is 5.10. The molecule has 2 nitrogen and oxygen atoms in total. The van der Waals surface area contributed by atoms with Gasteiger partial charge in [-0.1, -0.05) is 33.3 Å². The van der Waals surface area contributed by atoms with Gasteiger partial charge in [-0.3, -0.25) is 0 Å². The van der Waals surface area contributed by atoms with E-state index in [1.54, 1.807) is 0 Å². The van der Waals surface area contributed by atoms with Gasteiger partial charge < -0.3 is 4.74 Å². The fourth-order valence-corrected chi connectivity index (χ4v) is 6.78. The lowest BCUT2D eigenvalue weighted by molar-refractivity contribution is -0.135. The first-order valence-electron chi connectivity index (χ1n) is 9.74. The molecule has 1 heterocycles. The first-order valence-corrected chi connectivity index (χ1v) is 9.74. The Labute approximate surface area is 141 Å². The Hall–Kier alpha value is -0.790. The van der Waals surface area contributed by atoms with Gasteiger partial charge >= 0.3 is 5.97 Å². The number of rotatable bonds is 2. The number of cyclic esters (lactones) is 1. The van der Waals surface area contributed by atoms with Crippen molar-refractivity contribution in [1.82, 2.24) is 0 Å². The highest BCUT2D eigenvalue weighted by atomic mass is 16.5. The summed E-state index contributed by atoms with van der Waals surface area (Å²) in [5, 5.41) is 0. The molecule has 3 aliphatic carbocycles. The van der Waals surface area contributed by atoms with E-state index in [1.165, 1.54) is 44.9 Å². The maximum absolute atomic E-state index is 11.8. The van der Waals surface area contributed by atoms with Gasteiger partial charge in [0.15, 0.2) is 0 Å². The van der Waals surface area contributed by atoms with E-state index >= 15 is 0 Å². The molecule has 128 valence electrons. The minimum atomic E-state index is -0.0590. The Bertz CT molecular complexity index is 540. The molecule has 0 aromatic carbocycles. The van der Waals surface area contributed by atoms with Gasteiger partial charge in [-0.25, -0.2) is 4.79 Å². The van der Waals surface area contributed by atoms with E-state index in [4.69, 9.17) is 4.74 Å². The SMILES string of the molecule is CC1(C)CCCC2(C)C1CCC1(CC1)C2C/C=C1/CCOC1=O. The number of carbonyl (C=O) groups excluding carboxylic acids is 1. The summed E-state index contributed by atoms with van der Waals surface area (Å²) >= 11 is 0. The van der Waals surface area contributed by atoms with E-state index in [0.717, 1.165) is 30.3 Å². The van der Waals surface area contributed by atoms with Crippen LogP contribution in [0, 0.1) is 28.1 Å². The summed E-state index contributed by atoms with van der Waals surface area (Å²) in [4.78, 5) is 11.8. The van der Waals surface area contributed by atoms with Gasteiger partial charge in [0.25, 0.3) is 0 Å². The summed E-state index contributed by atoms with van der Waals surface area (Å²) < 4.78 is 5.13. The second-order valence-corrected chi connectivity index (χ2v) is 9.71. The summed E-state index contributed by atoms with van der Waals surface area (Å²) in [6.07, 6.45) is 14.1. The van der Waals surface area contributed by atoms with Crippen LogP contribution in [0.3, 0.4) is 0 Å². The molecule has 0 aromatic rings. The monoisotopic (exact) mass is 316 g/mol. The van der Waals surface area contributed by atoms with Crippen molar-refractivity contribution < 1.29 is 9.53 Å². The van der Waals surface area contributed by atoms with E-state index < -0.39 is 0 Å². The van der Waals surface area contributed by atoms with Crippen molar-refractivity contribution in [2.45, 2.75) is 78.6 Å². The molecular weight excluding hydrogens is 284 g/mol. The highest BCUT2D eigenvalue weighted by Crippen LogP contribution is 2.72. The largest absolute Gasteiger partial charge is 0.462 e. The molecule has 0 radical (unpaired) electrons. The van der Waals surface area contributed by atoms with E-state index in [1.807, 2.05) is 0 Å². The van der Waals surface area contributed by atoms with Crippen LogP contribution in [-0.2, 0) is 9.53 Å². The molecule has 4 rings (SSSR count). The predicted molar refractivity (Wildman–Crippen MR) is 91.9 cm³/mol. The topological polar surface area (TPSA) is 26.3 Å². The van der Waals surface area contributed by atoms with E-state index in [9.17, 15) is 4.79 Å². The van der Waals surface area contributed by atoms with Crippen LogP contribution in [0.1, 0.15) is 78.6 Å². The number of fused-ring (bicyclic) bond motifs is 1. The molecule has 3 unspecified atom stereocenters. The molecule has 4 fully saturated rings. The summed E-state index contributed by atoms with van der Waals surface area (Å²) in [6, 6.07) is 0. The minimum Gasteiger partial charge on any atom is -0.462 e. The maximum atomic E-state index is 11.8. The summed E-state index contributed by atoms with van der Waals surface area (Å²) in [5.74, 6) is 1.57. The zero-order chi connectivity index (χ0) is 16.3. The van der Waals surface area contributed by atoms with Crippen LogP contribution >= 0.6 is 0 Å². The molecule has 0 amide bonds. The van der Waals surface area contributed by atoms with Crippen molar-refractivity contribution in [3.8, 4) is 0 Å². The number of carbonyl (C=O) groups is 1. The molecule has 4 aliphatic rings. The highest BCUT2D eigenvalue weighted by Gasteiger charge is 2.62. The van der Waals surface area contributed by atoms with Gasteiger partial charge in [0.2, 0.25) is 0 Å². The number of allylic oxidation sites excluding steroid dienone is 1. The van der Waals surface area contributed by atoms with Gasteiger partial charge in [0.1, 0.15) is 0 Å². The molecule has 3 atom stereocenters. The van der Waals surface area contributed by atoms with Crippen molar-refractivity contribution in [2.24, 2.45) is 28.1 Å². The summed E-state index contributed by atoms with van der Waals surface area (Å²) in [6.45, 7) is 8.19. The first kappa shape index (κ1) is 15.7. The van der Waals surface area contributed by atoms with Gasteiger partial charge in [0, 0.05) is 12.0 Å². The molecule has 1 aliphatic heterocycles. The van der Waals surface area contributed by atoms with Crippen molar-refractivity contribution >= 4 is 5.97 Å². The lowest BCUT2D eigenvalue weighted by Crippen LogP contribution is -2.52. The van der Waals surface area contributed by atoms with Crippen molar-refractivity contribution in [3.05, 3.63) is 11.6 Å². The van der Waals surface area contributed by atoms with Gasteiger partial charge in [-0.2, -0.15) is 0 Å². The van der Waals surface area contributed by atoms with Crippen LogP contribution in [0.25, 0.3) is 0 Å². The second-order valence-electron chi connectivity index (χ2n) is 9.71. The quantitative estimate of drug-likeness (QED) is 0.512. The lowest BCUT2D eigenvalue weighted by Gasteiger charge is -2.60. The van der Waals surface area contributed by atoms with Crippen LogP contribution < -0.4 is 0 Å². The number of ether oxygens (including phenoxy) is 1. The third kappa shape index (κ3) is 2.39. The molecule has 0 N–H and O–H groups in total. The Balaban J connectivity index is 1.63. The molecule has 0 aromatic heterocycles. The fraction of sp³-hybridized carbons (Fsp3) is 0.857. The van der Waals surface area contributed by atoms with Crippen LogP contribution in [0.4, 0.5) is 0 Å². The molecule has 1 spiro atoms. The van der Waals surface area contributed by atoms with Crippen LogP contribution in [0.5, 0.6) is 0 Å². The zero-order valence-electron chi connectivity index (χ0n) is 15.1. The molecule has 1 saturated heterocycles. The van der Waals surface area contributed by atoms with Gasteiger partial charge in [0.05, 0.1) is 6.61 Å². The molecule has 0 bridgehead atoms. The van der Waals surface area contributed by atoms with E-state index in [2.05, 4.69) is 26.8 Å². The average Bonchev–Trinajstić information content (AvgIpc) is 3.12. The smallest absolute Gasteiger partial charge is 0.333 e. The first-order chi connectivity index (χ1) is 10.9. The van der Waals surface area contributed by atoms with E-state index in [-0.39, 0.29) is 5.97 Å². The third-order valence-corrected chi connectivity index (χ3v) is 8.10. The molecule has 2 heteroatoms. The third-order valence-electron chi connectivity index (χ3n) is 8.10. The Kier molecular flexibility index (Phi) is 3.49. The van der Waals surface area contributed by atoms with E-state index in [0.29, 0.717) is 22.9 Å². The summed E-state index contributed by atoms with van der Waals surface area (Å²) in [7, 11) is 0. The normalized spacial score (nSPS) is 42.6. The van der Waals surface area contributed by atoms with Crippen molar-refractivity contribution in [3.63, 3.8) is 0 Å². The minimum absolute atomic E-state index is 0.0590. The predicted octanol–water partition coefficient (Wildman–Crippen LogP) is 5.27. The standard InChI is InChI=1S/C21H32O2/c1-19(2)9-4-10-20(3)16(19)7-11-21(12-13-21)17(20)6-5-15-8-14-23-18(15)22/h5,16-17H,4,6-14H2,1-3H3/b15-5-. The maximum Gasteiger partial charge on any atom is 0.333 e. The van der Waals surface area contributed by atoms with Crippen molar-refractivity contribution in [1.29, 1.82) is 0 Å². The summed E-state index contributed by atoms with van der Waals surface area (Å²) in [5.41, 5.74) is 2.51. The number of hydrogen-bond donors (Lipinski definition) is 0. The number of hydrogen-bond acceptors (Lipinski definition) is 2. The molecule has 23 heavy (non-hydrogen) atoms. The zero-order valence-corrected chi connectivity index (χ0v) is 15.1. The Morgan fingerprint density at radius 3 is 2.57 bits per heavy atom. The lowest BCUT2D eigenvalue weighted by atomic mass is 9.45. The Morgan fingerprint density at radius 2 is 1.91 bits per heavy atom. The average molecular weight is 316 g/mol. The molecular formula is C21H32O2. The van der Waals surface area contributed by atoms with Crippen molar-refractivity contribution in [2.75, 3.05) is 6.61 Å². The van der Waals surface area contributed by atoms with Crippen LogP contribution in [-0.4, -0.2) is 12.6 Å². The number of esters is 1. The fourth-order valence-electron chi connectivity index (χ4n) is 6.78.